The molecular formula is C23H22ClN5. The van der Waals surface area contributed by atoms with E-state index in [4.69, 9.17) is 22.3 Å². The van der Waals surface area contributed by atoms with Gasteiger partial charge in [-0.15, -0.1) is 0 Å². The van der Waals surface area contributed by atoms with Crippen LogP contribution in [0.15, 0.2) is 71.5 Å². The second-order valence-electron chi connectivity index (χ2n) is 7.05. The zero-order valence-electron chi connectivity index (χ0n) is 16.4. The molecule has 5 nitrogen and oxygen atoms in total. The van der Waals surface area contributed by atoms with Crippen LogP contribution >= 0.6 is 11.6 Å². The summed E-state index contributed by atoms with van der Waals surface area (Å²) in [5, 5.41) is 3.89. The fourth-order valence-corrected chi connectivity index (χ4v) is 3.87. The molecule has 4 rings (SSSR count). The topological polar surface area (TPSA) is 76.2 Å². The maximum Gasteiger partial charge on any atom is 0.227 e. The van der Waals surface area contributed by atoms with Crippen LogP contribution in [0.1, 0.15) is 36.1 Å². The second kappa shape index (κ2) is 8.05. The van der Waals surface area contributed by atoms with Crippen molar-refractivity contribution in [2.24, 2.45) is 10.7 Å². The SMILES string of the molecule is CN=C(C1=C(N)CC(C)c2cnc(Nc3ccccc3)nc21)c1ccccc1Cl. The summed E-state index contributed by atoms with van der Waals surface area (Å²) in [6.45, 7) is 2.13. The number of hydrogen-bond donors (Lipinski definition) is 2. The van der Waals surface area contributed by atoms with E-state index in [9.17, 15) is 0 Å². The van der Waals surface area contributed by atoms with Gasteiger partial charge in [0.2, 0.25) is 5.95 Å². The highest BCUT2D eigenvalue weighted by Gasteiger charge is 2.29. The summed E-state index contributed by atoms with van der Waals surface area (Å²) < 4.78 is 0. The van der Waals surface area contributed by atoms with E-state index in [0.717, 1.165) is 45.9 Å². The average molecular weight is 404 g/mol. The van der Waals surface area contributed by atoms with Gasteiger partial charge in [0, 0.05) is 46.4 Å². The maximum atomic E-state index is 6.53. The molecule has 3 N–H and O–H groups in total. The lowest BCUT2D eigenvalue weighted by atomic mass is 9.83. The molecule has 0 saturated heterocycles. The van der Waals surface area contributed by atoms with E-state index >= 15 is 0 Å². The van der Waals surface area contributed by atoms with E-state index in [-0.39, 0.29) is 5.92 Å². The molecule has 6 heteroatoms. The Kier molecular flexibility index (Phi) is 5.32. The largest absolute Gasteiger partial charge is 0.401 e. The minimum absolute atomic E-state index is 0.226. The molecule has 1 aromatic heterocycles. The molecule has 146 valence electrons. The van der Waals surface area contributed by atoms with Crippen LogP contribution in [0, 0.1) is 0 Å². The summed E-state index contributed by atoms with van der Waals surface area (Å²) in [5.41, 5.74) is 12.5. The molecular weight excluding hydrogens is 382 g/mol. The lowest BCUT2D eigenvalue weighted by molar-refractivity contribution is 0.721. The number of allylic oxidation sites excluding steroid dienone is 2. The third kappa shape index (κ3) is 3.74. The van der Waals surface area contributed by atoms with Crippen LogP contribution in [0.3, 0.4) is 0 Å². The van der Waals surface area contributed by atoms with Gasteiger partial charge in [0.15, 0.2) is 0 Å². The van der Waals surface area contributed by atoms with E-state index in [1.807, 2.05) is 60.8 Å². The summed E-state index contributed by atoms with van der Waals surface area (Å²) in [4.78, 5) is 13.9. The van der Waals surface area contributed by atoms with Crippen LogP contribution in [0.25, 0.3) is 5.57 Å². The van der Waals surface area contributed by atoms with E-state index in [2.05, 4.69) is 22.2 Å². The van der Waals surface area contributed by atoms with E-state index < -0.39 is 0 Å². The van der Waals surface area contributed by atoms with E-state index in [1.54, 1.807) is 7.05 Å². The number of aromatic nitrogens is 2. The molecule has 0 saturated carbocycles. The quantitative estimate of drug-likeness (QED) is 0.589. The van der Waals surface area contributed by atoms with Crippen LogP contribution < -0.4 is 11.1 Å². The van der Waals surface area contributed by atoms with Crippen molar-refractivity contribution in [2.75, 3.05) is 12.4 Å². The first-order chi connectivity index (χ1) is 14.1. The first-order valence-corrected chi connectivity index (χ1v) is 9.86. The number of aliphatic imine (C=N–C) groups is 1. The Morgan fingerprint density at radius 2 is 1.86 bits per heavy atom. The summed E-state index contributed by atoms with van der Waals surface area (Å²) in [6.07, 6.45) is 2.60. The lowest BCUT2D eigenvalue weighted by Gasteiger charge is -2.26. The molecule has 29 heavy (non-hydrogen) atoms. The van der Waals surface area contributed by atoms with Gasteiger partial charge in [-0.3, -0.25) is 4.99 Å². The molecule has 2 aromatic carbocycles. The van der Waals surface area contributed by atoms with Gasteiger partial charge < -0.3 is 11.1 Å². The Morgan fingerprint density at radius 3 is 2.59 bits per heavy atom. The molecule has 0 spiro atoms. The molecule has 1 atom stereocenters. The van der Waals surface area contributed by atoms with Crippen molar-refractivity contribution >= 4 is 34.5 Å². The van der Waals surface area contributed by atoms with Crippen molar-refractivity contribution in [3.63, 3.8) is 0 Å². The van der Waals surface area contributed by atoms with Gasteiger partial charge >= 0.3 is 0 Å². The number of rotatable bonds is 4. The number of anilines is 2. The van der Waals surface area contributed by atoms with Crippen molar-refractivity contribution < 1.29 is 0 Å². The molecule has 1 heterocycles. The van der Waals surface area contributed by atoms with Gasteiger partial charge in [-0.2, -0.15) is 0 Å². The summed E-state index contributed by atoms with van der Waals surface area (Å²) in [6, 6.07) is 17.5. The zero-order chi connectivity index (χ0) is 20.4. The number of nitrogens with zero attached hydrogens (tertiary/aromatic N) is 3. The molecule has 0 bridgehead atoms. The Morgan fingerprint density at radius 1 is 1.14 bits per heavy atom. The summed E-state index contributed by atoms with van der Waals surface area (Å²) in [5.74, 6) is 0.743. The summed E-state index contributed by atoms with van der Waals surface area (Å²) >= 11 is 6.47. The van der Waals surface area contributed by atoms with Gasteiger partial charge in [0.1, 0.15) is 0 Å². The van der Waals surface area contributed by atoms with Gasteiger partial charge in [0.25, 0.3) is 0 Å². The minimum Gasteiger partial charge on any atom is -0.401 e. The number of hydrogen-bond acceptors (Lipinski definition) is 5. The molecule has 0 fully saturated rings. The van der Waals surface area contributed by atoms with Crippen LogP contribution in [0.4, 0.5) is 11.6 Å². The predicted molar refractivity (Wildman–Crippen MR) is 120 cm³/mol. The highest BCUT2D eigenvalue weighted by molar-refractivity contribution is 6.40. The number of nitrogens with one attached hydrogen (secondary N) is 1. The van der Waals surface area contributed by atoms with Gasteiger partial charge in [-0.05, 0) is 30.5 Å². The first kappa shape index (κ1) is 19.2. The normalized spacial score (nSPS) is 16.5. The number of fused-ring (bicyclic) bond motifs is 1. The number of benzene rings is 2. The fourth-order valence-electron chi connectivity index (χ4n) is 3.64. The Labute approximate surface area is 175 Å². The fraction of sp³-hybridized carbons (Fsp3) is 0.174. The Bertz CT molecular complexity index is 1110. The average Bonchev–Trinajstić information content (AvgIpc) is 2.72. The van der Waals surface area contributed by atoms with Crippen LogP contribution in [-0.2, 0) is 0 Å². The summed E-state index contributed by atoms with van der Waals surface area (Å²) in [7, 11) is 1.75. The van der Waals surface area contributed by atoms with Crippen LogP contribution in [0.2, 0.25) is 5.02 Å². The Balaban J connectivity index is 1.83. The molecule has 3 aromatic rings. The second-order valence-corrected chi connectivity index (χ2v) is 7.45. The molecule has 0 aliphatic heterocycles. The van der Waals surface area contributed by atoms with E-state index in [0.29, 0.717) is 11.0 Å². The zero-order valence-corrected chi connectivity index (χ0v) is 17.1. The highest BCUT2D eigenvalue weighted by atomic mass is 35.5. The lowest BCUT2D eigenvalue weighted by Crippen LogP contribution is -2.22. The Hall–Kier alpha value is -3.18. The van der Waals surface area contributed by atoms with Crippen molar-refractivity contribution in [1.29, 1.82) is 0 Å². The molecule has 1 aliphatic rings. The third-order valence-electron chi connectivity index (χ3n) is 5.05. The van der Waals surface area contributed by atoms with Crippen LogP contribution in [-0.4, -0.2) is 22.7 Å². The smallest absolute Gasteiger partial charge is 0.227 e. The maximum absolute atomic E-state index is 6.53. The molecule has 0 amide bonds. The van der Waals surface area contributed by atoms with Gasteiger partial charge in [-0.1, -0.05) is 54.9 Å². The van der Waals surface area contributed by atoms with Crippen molar-refractivity contribution in [3.05, 3.63) is 88.3 Å². The molecule has 1 aliphatic carbocycles. The van der Waals surface area contributed by atoms with Gasteiger partial charge in [-0.25, -0.2) is 9.97 Å². The van der Waals surface area contributed by atoms with Crippen molar-refractivity contribution in [3.8, 4) is 0 Å². The predicted octanol–water partition coefficient (Wildman–Crippen LogP) is 5.17. The van der Waals surface area contributed by atoms with Crippen molar-refractivity contribution in [1.82, 2.24) is 9.97 Å². The third-order valence-corrected chi connectivity index (χ3v) is 5.38. The van der Waals surface area contributed by atoms with Crippen LogP contribution in [0.5, 0.6) is 0 Å². The monoisotopic (exact) mass is 403 g/mol. The minimum atomic E-state index is 0.226. The highest BCUT2D eigenvalue weighted by Crippen LogP contribution is 2.38. The first-order valence-electron chi connectivity index (χ1n) is 9.48. The standard InChI is InChI=1S/C23H22ClN5/c1-14-12-19(25)20(21(26-2)16-10-6-7-11-18(16)24)22-17(14)13-27-23(29-22)28-15-8-4-3-5-9-15/h3-11,13-14H,12,25H2,1-2H3,(H,27,28,29). The number of nitrogens with two attached hydrogens (primary N) is 1. The molecule has 0 radical (unpaired) electrons. The number of para-hydroxylation sites is 1. The molecule has 1 unspecified atom stereocenters. The van der Waals surface area contributed by atoms with Gasteiger partial charge in [0.05, 0.1) is 11.4 Å². The van der Waals surface area contributed by atoms with E-state index in [1.165, 1.54) is 0 Å². The number of halogens is 1. The van der Waals surface area contributed by atoms with Crippen molar-refractivity contribution in [2.45, 2.75) is 19.3 Å².